The summed E-state index contributed by atoms with van der Waals surface area (Å²) in [6.07, 6.45) is 10.8. The van der Waals surface area contributed by atoms with Crippen molar-refractivity contribution in [1.29, 1.82) is 0 Å². The molecule has 32 heavy (non-hydrogen) atoms. The van der Waals surface area contributed by atoms with Crippen LogP contribution in [0.3, 0.4) is 0 Å². The Bertz CT molecular complexity index is 808. The van der Waals surface area contributed by atoms with E-state index in [0.717, 1.165) is 43.1 Å². The van der Waals surface area contributed by atoms with E-state index in [-0.39, 0.29) is 5.41 Å². The summed E-state index contributed by atoms with van der Waals surface area (Å²) in [4.78, 5) is 12.8. The average molecular weight is 441 g/mol. The van der Waals surface area contributed by atoms with Gasteiger partial charge in [0.15, 0.2) is 0 Å². The van der Waals surface area contributed by atoms with Crippen molar-refractivity contribution in [2.45, 2.75) is 112 Å². The lowest BCUT2D eigenvalue weighted by molar-refractivity contribution is -0.201. The number of aliphatic hydroxyl groups is 1. The molecule has 0 saturated heterocycles. The predicted molar refractivity (Wildman–Crippen MR) is 133 cm³/mol. The molecule has 8 atom stereocenters. The molecule has 0 aromatic carbocycles. The second-order valence-corrected chi connectivity index (χ2v) is 13.5. The number of hydrogen-bond donors (Lipinski definition) is 1. The maximum Gasteiger partial charge on any atom is 0.138 e. The van der Waals surface area contributed by atoms with Gasteiger partial charge in [-0.05, 0) is 105 Å². The number of carbonyl (C=O) groups is 1. The Labute approximate surface area is 197 Å². The Morgan fingerprint density at radius 1 is 0.969 bits per heavy atom. The number of fused-ring (bicyclic) bond motifs is 5. The molecule has 0 bridgehead atoms. The van der Waals surface area contributed by atoms with Crippen molar-refractivity contribution >= 4 is 5.78 Å². The molecule has 0 amide bonds. The van der Waals surface area contributed by atoms with Crippen LogP contribution in [-0.2, 0) is 4.79 Å². The highest BCUT2D eigenvalue weighted by atomic mass is 16.3. The third-order valence-electron chi connectivity index (χ3n) is 12.0. The van der Waals surface area contributed by atoms with Gasteiger partial charge < -0.3 is 5.11 Å². The van der Waals surface area contributed by atoms with Gasteiger partial charge >= 0.3 is 0 Å². The molecule has 0 aliphatic heterocycles. The van der Waals surface area contributed by atoms with E-state index in [0.29, 0.717) is 33.9 Å². The molecule has 0 spiro atoms. The van der Waals surface area contributed by atoms with Crippen LogP contribution in [0.1, 0.15) is 106 Å². The summed E-state index contributed by atoms with van der Waals surface area (Å²) in [5.41, 5.74) is 3.06. The number of ketones is 1. The van der Waals surface area contributed by atoms with Gasteiger partial charge in [-0.1, -0.05) is 58.9 Å². The van der Waals surface area contributed by atoms with E-state index in [1.54, 1.807) is 0 Å². The lowest BCUT2D eigenvalue weighted by Gasteiger charge is -2.69. The van der Waals surface area contributed by atoms with Gasteiger partial charge in [0.1, 0.15) is 5.78 Å². The minimum absolute atomic E-state index is 0.164. The second kappa shape index (κ2) is 7.82. The average Bonchev–Trinajstić information content (AvgIpc) is 3.07. The molecule has 4 aliphatic carbocycles. The monoisotopic (exact) mass is 440 g/mol. The molecule has 1 unspecified atom stereocenters. The number of carbonyl (C=O) groups excluding carboxylic acids is 1. The molecule has 0 aromatic heterocycles. The Balaban J connectivity index is 1.57. The molecule has 4 fully saturated rings. The molecule has 180 valence electrons. The number of rotatable bonds is 5. The fourth-order valence-electron chi connectivity index (χ4n) is 9.79. The van der Waals surface area contributed by atoms with E-state index in [4.69, 9.17) is 0 Å². The zero-order chi connectivity index (χ0) is 23.7. The molecule has 1 N–H and O–H groups in total. The Morgan fingerprint density at radius 3 is 2.28 bits per heavy atom. The topological polar surface area (TPSA) is 37.3 Å². The van der Waals surface area contributed by atoms with Gasteiger partial charge in [0, 0.05) is 11.8 Å². The van der Waals surface area contributed by atoms with Gasteiger partial charge in [-0.25, -0.2) is 0 Å². The van der Waals surface area contributed by atoms with Crippen LogP contribution in [0.15, 0.2) is 24.3 Å². The van der Waals surface area contributed by atoms with E-state index >= 15 is 0 Å². The van der Waals surface area contributed by atoms with Gasteiger partial charge in [0.25, 0.3) is 0 Å². The maximum absolute atomic E-state index is 12.8. The first kappa shape index (κ1) is 24.2. The third kappa shape index (κ3) is 3.25. The van der Waals surface area contributed by atoms with E-state index in [9.17, 15) is 9.90 Å². The van der Waals surface area contributed by atoms with Gasteiger partial charge in [-0.15, -0.1) is 0 Å². The van der Waals surface area contributed by atoms with Crippen LogP contribution in [-0.4, -0.2) is 17.0 Å². The number of aliphatic hydroxyl groups excluding tert-OH is 1. The quantitative estimate of drug-likeness (QED) is 0.449. The van der Waals surface area contributed by atoms with E-state index in [1.807, 2.05) is 6.92 Å². The Morgan fingerprint density at radius 2 is 1.62 bits per heavy atom. The summed E-state index contributed by atoms with van der Waals surface area (Å²) in [6, 6.07) is 0. The first-order valence-corrected chi connectivity index (χ1v) is 13.3. The van der Waals surface area contributed by atoms with Crippen LogP contribution in [0.5, 0.6) is 0 Å². The van der Waals surface area contributed by atoms with Crippen molar-refractivity contribution in [1.82, 2.24) is 0 Å². The summed E-state index contributed by atoms with van der Waals surface area (Å²) < 4.78 is 0. The van der Waals surface area contributed by atoms with E-state index in [2.05, 4.69) is 47.8 Å². The Kier molecular flexibility index (Phi) is 5.93. The van der Waals surface area contributed by atoms with Crippen LogP contribution in [0, 0.1) is 45.3 Å². The highest BCUT2D eigenvalue weighted by Crippen LogP contribution is 2.75. The molecular weight excluding hydrogens is 392 g/mol. The van der Waals surface area contributed by atoms with Gasteiger partial charge in [0.05, 0.1) is 6.10 Å². The molecular formula is C30H48O2. The highest BCUT2D eigenvalue weighted by molar-refractivity contribution is 5.85. The van der Waals surface area contributed by atoms with Gasteiger partial charge in [0.2, 0.25) is 0 Å². The highest BCUT2D eigenvalue weighted by Gasteiger charge is 2.68. The molecule has 0 radical (unpaired) electrons. The molecule has 2 heteroatoms. The molecule has 4 saturated carbocycles. The van der Waals surface area contributed by atoms with Crippen molar-refractivity contribution in [2.24, 2.45) is 45.3 Å². The summed E-state index contributed by atoms with van der Waals surface area (Å²) in [5, 5.41) is 10.2. The van der Waals surface area contributed by atoms with Crippen molar-refractivity contribution in [3.05, 3.63) is 24.3 Å². The minimum atomic E-state index is -0.402. The first-order valence-electron chi connectivity index (χ1n) is 13.3. The smallest absolute Gasteiger partial charge is 0.138 e. The van der Waals surface area contributed by atoms with Crippen LogP contribution in [0.25, 0.3) is 0 Å². The zero-order valence-electron chi connectivity index (χ0n) is 21.7. The summed E-state index contributed by atoms with van der Waals surface area (Å²) in [5.74, 6) is 3.07. The Hall–Kier alpha value is -0.890. The van der Waals surface area contributed by atoms with Crippen molar-refractivity contribution in [2.75, 3.05) is 0 Å². The third-order valence-corrected chi connectivity index (χ3v) is 12.0. The number of Topliss-reactive ketones (excluding diaryl/α,β-unsaturated/α-hetero) is 1. The summed E-state index contributed by atoms with van der Waals surface area (Å²) in [6.45, 7) is 22.7. The molecule has 2 nitrogen and oxygen atoms in total. The number of allylic oxidation sites excluding steroid dienone is 1. The van der Waals surface area contributed by atoms with Gasteiger partial charge in [-0.3, -0.25) is 4.79 Å². The van der Waals surface area contributed by atoms with Crippen molar-refractivity contribution < 1.29 is 9.90 Å². The van der Waals surface area contributed by atoms with Crippen molar-refractivity contribution in [3.8, 4) is 0 Å². The summed E-state index contributed by atoms with van der Waals surface area (Å²) >= 11 is 0. The normalized spacial score (nSPS) is 46.0. The minimum Gasteiger partial charge on any atom is -0.389 e. The second-order valence-electron chi connectivity index (χ2n) is 13.5. The van der Waals surface area contributed by atoms with Crippen LogP contribution in [0.2, 0.25) is 0 Å². The van der Waals surface area contributed by atoms with E-state index in [1.165, 1.54) is 44.1 Å². The molecule has 4 aliphatic rings. The van der Waals surface area contributed by atoms with Crippen LogP contribution >= 0.6 is 0 Å². The molecule has 0 aromatic rings. The predicted octanol–water partition coefficient (Wildman–Crippen LogP) is 7.51. The maximum atomic E-state index is 12.8. The first-order chi connectivity index (χ1) is 14.8. The molecule has 0 heterocycles. The largest absolute Gasteiger partial charge is 0.389 e. The van der Waals surface area contributed by atoms with Crippen LogP contribution < -0.4 is 0 Å². The zero-order valence-corrected chi connectivity index (χ0v) is 21.7. The fourth-order valence-corrected chi connectivity index (χ4v) is 9.79. The lowest BCUT2D eigenvalue weighted by atomic mass is 9.35. The van der Waals surface area contributed by atoms with Gasteiger partial charge in [-0.2, -0.15) is 0 Å². The SMILES string of the molecule is C=C(C)C(O)CCC(=C)[C@H]1CC[C@]2(C)[C@@H]1CC[C@@H]1[C@@]3(C)CCC(=O)C(C)(C)[C@@H]3CC[C@]12C. The van der Waals surface area contributed by atoms with E-state index < -0.39 is 6.10 Å². The van der Waals surface area contributed by atoms with Crippen LogP contribution in [0.4, 0.5) is 0 Å². The van der Waals surface area contributed by atoms with Crippen molar-refractivity contribution in [3.63, 3.8) is 0 Å². The fraction of sp³-hybridized carbons (Fsp3) is 0.833. The number of hydrogen-bond acceptors (Lipinski definition) is 2. The summed E-state index contributed by atoms with van der Waals surface area (Å²) in [7, 11) is 0. The molecule has 4 rings (SSSR count). The lowest BCUT2D eigenvalue weighted by Crippen LogP contribution is -2.63. The standard InChI is InChI=1S/C30H48O2/c1-19(2)23(31)11-9-20(3)21-13-17-29(7)22(21)10-12-25-28(6)16-15-26(32)27(4,5)24(28)14-18-30(25,29)8/h21-25,31H,1,3,9-18H2,2,4-8H3/t21-,22-,23?,24+,25-,28+,29-,30-/m1/s1.